The first-order chi connectivity index (χ1) is 14.7. The van der Waals surface area contributed by atoms with Crippen molar-refractivity contribution in [2.45, 2.75) is 49.7 Å². The van der Waals surface area contributed by atoms with Crippen molar-refractivity contribution in [3.05, 3.63) is 53.3 Å². The lowest BCUT2D eigenvalue weighted by Gasteiger charge is -2.18. The number of benzene rings is 2. The quantitative estimate of drug-likeness (QED) is 0.738. The molecule has 1 atom stereocenters. The first kappa shape index (κ1) is 21.5. The first-order valence-corrected chi connectivity index (χ1v) is 12.0. The Balaban J connectivity index is 1.45. The van der Waals surface area contributed by atoms with Gasteiger partial charge in [-0.2, -0.15) is 0 Å². The van der Waals surface area contributed by atoms with Gasteiger partial charge in [-0.3, -0.25) is 9.59 Å². The van der Waals surface area contributed by atoms with E-state index < -0.39 is 26.8 Å². The molecule has 8 heteroatoms. The van der Waals surface area contributed by atoms with Crippen LogP contribution >= 0.6 is 0 Å². The molecule has 1 saturated carbocycles. The Morgan fingerprint density at radius 1 is 1.19 bits per heavy atom. The van der Waals surface area contributed by atoms with E-state index in [1.807, 2.05) is 0 Å². The summed E-state index contributed by atoms with van der Waals surface area (Å²) in [7, 11) is -3.74. The van der Waals surface area contributed by atoms with E-state index in [0.29, 0.717) is 18.5 Å². The molecule has 0 aromatic heterocycles. The Labute approximate surface area is 181 Å². The van der Waals surface area contributed by atoms with Crippen LogP contribution in [0.1, 0.15) is 37.3 Å². The normalized spacial score (nSPS) is 16.7. The van der Waals surface area contributed by atoms with E-state index in [4.69, 9.17) is 0 Å². The van der Waals surface area contributed by atoms with Crippen molar-refractivity contribution < 1.29 is 22.4 Å². The van der Waals surface area contributed by atoms with E-state index in [1.54, 1.807) is 36.1 Å². The number of carbonyl (C=O) groups excluding carboxylic acids is 2. The number of hydrogen-bond donors (Lipinski definition) is 1. The van der Waals surface area contributed by atoms with Gasteiger partial charge in [-0.1, -0.05) is 6.07 Å². The summed E-state index contributed by atoms with van der Waals surface area (Å²) in [5, 5.41) is 1.60. The lowest BCUT2D eigenvalue weighted by molar-refractivity contribution is -0.119. The fraction of sp³-hybridized carbons (Fsp3) is 0.391. The maximum Gasteiger partial charge on any atom is 0.230 e. The molecule has 2 aliphatic rings. The largest absolute Gasteiger partial charge is 0.326 e. The third-order valence-electron chi connectivity index (χ3n) is 5.93. The lowest BCUT2D eigenvalue weighted by Crippen LogP contribution is -2.30. The zero-order valence-corrected chi connectivity index (χ0v) is 18.3. The van der Waals surface area contributed by atoms with Gasteiger partial charge in [0.15, 0.2) is 9.84 Å². The highest BCUT2D eigenvalue weighted by Gasteiger charge is 2.37. The average molecular weight is 445 g/mol. The summed E-state index contributed by atoms with van der Waals surface area (Å²) in [5.41, 5.74) is 2.36. The second kappa shape index (κ2) is 8.07. The van der Waals surface area contributed by atoms with Gasteiger partial charge in [0.1, 0.15) is 5.82 Å². The van der Waals surface area contributed by atoms with Crippen LogP contribution in [0.15, 0.2) is 41.3 Å². The molecule has 1 aliphatic carbocycles. The van der Waals surface area contributed by atoms with Crippen LogP contribution in [0.2, 0.25) is 0 Å². The van der Waals surface area contributed by atoms with Gasteiger partial charge in [-0.25, -0.2) is 12.8 Å². The van der Waals surface area contributed by atoms with Gasteiger partial charge in [0, 0.05) is 30.3 Å². The van der Waals surface area contributed by atoms with Gasteiger partial charge in [0.05, 0.1) is 10.1 Å². The van der Waals surface area contributed by atoms with Gasteiger partial charge >= 0.3 is 0 Å². The highest BCUT2D eigenvalue weighted by Crippen LogP contribution is 2.37. The third-order valence-corrected chi connectivity index (χ3v) is 8.06. The van der Waals surface area contributed by atoms with E-state index in [1.165, 1.54) is 19.1 Å². The summed E-state index contributed by atoms with van der Waals surface area (Å²) >= 11 is 0. The topological polar surface area (TPSA) is 83.6 Å². The number of anilines is 2. The predicted molar refractivity (Wildman–Crippen MR) is 116 cm³/mol. The first-order valence-electron chi connectivity index (χ1n) is 10.4. The molecular weight excluding hydrogens is 419 g/mol. The van der Waals surface area contributed by atoms with Crippen LogP contribution in [0.4, 0.5) is 15.8 Å². The number of amides is 2. The van der Waals surface area contributed by atoms with Gasteiger partial charge < -0.3 is 10.2 Å². The molecule has 2 aromatic carbocycles. The zero-order valence-electron chi connectivity index (χ0n) is 17.5. The van der Waals surface area contributed by atoms with Crippen molar-refractivity contribution in [3.8, 4) is 0 Å². The Morgan fingerprint density at radius 2 is 1.94 bits per heavy atom. The van der Waals surface area contributed by atoms with Crippen LogP contribution in [0.5, 0.6) is 0 Å². The fourth-order valence-electron chi connectivity index (χ4n) is 3.82. The second-order valence-electron chi connectivity index (χ2n) is 8.38. The molecule has 6 nitrogen and oxygen atoms in total. The van der Waals surface area contributed by atoms with Crippen LogP contribution in [0, 0.1) is 18.7 Å². The maximum absolute atomic E-state index is 13.7. The van der Waals surface area contributed by atoms with Crippen LogP contribution in [0.25, 0.3) is 0 Å². The molecular formula is C23H25FN2O4S. The number of carbonyl (C=O) groups is 2. The summed E-state index contributed by atoms with van der Waals surface area (Å²) in [5.74, 6) is -0.714. The average Bonchev–Trinajstić information content (AvgIpc) is 3.49. The minimum atomic E-state index is -3.74. The minimum Gasteiger partial charge on any atom is -0.326 e. The van der Waals surface area contributed by atoms with Crippen LogP contribution in [-0.2, 0) is 25.8 Å². The monoisotopic (exact) mass is 444 g/mol. The van der Waals surface area contributed by atoms with E-state index in [0.717, 1.165) is 24.1 Å². The Morgan fingerprint density at radius 3 is 2.61 bits per heavy atom. The number of sulfone groups is 1. The number of fused-ring (bicyclic) bond motifs is 1. The molecule has 0 bridgehead atoms. The molecule has 0 radical (unpaired) electrons. The van der Waals surface area contributed by atoms with Gasteiger partial charge in [-0.05, 0) is 74.6 Å². The molecule has 1 aliphatic heterocycles. The maximum atomic E-state index is 13.7. The molecule has 0 unspecified atom stereocenters. The Bertz CT molecular complexity index is 1160. The van der Waals surface area contributed by atoms with E-state index >= 15 is 0 Å². The van der Waals surface area contributed by atoms with E-state index in [2.05, 4.69) is 5.32 Å². The summed E-state index contributed by atoms with van der Waals surface area (Å²) in [6.45, 7) is 3.67. The van der Waals surface area contributed by atoms with Crippen molar-refractivity contribution in [2.24, 2.45) is 5.92 Å². The SMILES string of the molecule is Cc1ccc(NC(=O)C[C@@H](C)S(=O)(=O)c2ccc3c(c2)CCN3C(=O)C2CC2)cc1F. The smallest absolute Gasteiger partial charge is 0.230 e. The number of nitrogens with one attached hydrogen (secondary N) is 1. The third kappa shape index (κ3) is 4.35. The van der Waals surface area contributed by atoms with Crippen LogP contribution < -0.4 is 10.2 Å². The predicted octanol–water partition coefficient (Wildman–Crippen LogP) is 3.62. The lowest BCUT2D eigenvalue weighted by atomic mass is 10.2. The van der Waals surface area contributed by atoms with E-state index in [9.17, 15) is 22.4 Å². The molecule has 2 amide bonds. The highest BCUT2D eigenvalue weighted by molar-refractivity contribution is 7.92. The molecule has 1 heterocycles. The Hall–Kier alpha value is -2.74. The van der Waals surface area contributed by atoms with Crippen molar-refractivity contribution in [3.63, 3.8) is 0 Å². The number of hydrogen-bond acceptors (Lipinski definition) is 4. The molecule has 0 spiro atoms. The molecule has 4 rings (SSSR count). The number of aryl methyl sites for hydroxylation is 1. The van der Waals surface area contributed by atoms with Gasteiger partial charge in [0.25, 0.3) is 0 Å². The minimum absolute atomic E-state index is 0.106. The van der Waals surface area contributed by atoms with Crippen molar-refractivity contribution >= 4 is 33.0 Å². The van der Waals surface area contributed by atoms with Gasteiger partial charge in [0.2, 0.25) is 11.8 Å². The van der Waals surface area contributed by atoms with Crippen molar-refractivity contribution in [1.29, 1.82) is 0 Å². The summed E-state index contributed by atoms with van der Waals surface area (Å²) in [4.78, 5) is 26.6. The van der Waals surface area contributed by atoms with Crippen LogP contribution in [0.3, 0.4) is 0 Å². The number of rotatable bonds is 6. The summed E-state index contributed by atoms with van der Waals surface area (Å²) in [6.07, 6.45) is 2.21. The van der Waals surface area contributed by atoms with E-state index in [-0.39, 0.29) is 28.8 Å². The molecule has 164 valence electrons. The molecule has 31 heavy (non-hydrogen) atoms. The highest BCUT2D eigenvalue weighted by atomic mass is 32.2. The number of halogens is 1. The second-order valence-corrected chi connectivity index (χ2v) is 10.7. The standard InChI is InChI=1S/C23H25FN2O4S/c1-14-3-6-18(13-20(14)24)25-22(27)11-15(2)31(29,30)19-7-8-21-17(12-19)9-10-26(21)23(28)16-4-5-16/h3,6-8,12-13,15-16H,4-5,9-11H2,1-2H3,(H,25,27)/t15-/m1/s1. The van der Waals surface area contributed by atoms with Crippen molar-refractivity contribution in [2.75, 3.05) is 16.8 Å². The molecule has 1 fully saturated rings. The van der Waals surface area contributed by atoms with Crippen LogP contribution in [-0.4, -0.2) is 32.0 Å². The summed E-state index contributed by atoms with van der Waals surface area (Å²) < 4.78 is 39.7. The molecule has 1 N–H and O–H groups in total. The Kier molecular flexibility index (Phi) is 5.60. The molecule has 0 saturated heterocycles. The number of nitrogens with zero attached hydrogens (tertiary/aromatic N) is 1. The molecule has 2 aromatic rings. The summed E-state index contributed by atoms with van der Waals surface area (Å²) in [6, 6.07) is 9.15. The van der Waals surface area contributed by atoms with Gasteiger partial charge in [-0.15, -0.1) is 0 Å². The fourth-order valence-corrected chi connectivity index (χ4v) is 5.22. The zero-order chi connectivity index (χ0) is 22.3. The van der Waals surface area contributed by atoms with Crippen molar-refractivity contribution in [1.82, 2.24) is 0 Å².